The minimum atomic E-state index is -0.137. The zero-order chi connectivity index (χ0) is 15.1. The second-order valence-corrected chi connectivity index (χ2v) is 5.83. The van der Waals surface area contributed by atoms with Gasteiger partial charge in [-0.05, 0) is 49.8 Å². The van der Waals surface area contributed by atoms with Gasteiger partial charge >= 0.3 is 0 Å². The fraction of sp³-hybridized carbons (Fsp3) is 0.588. The highest BCUT2D eigenvalue weighted by molar-refractivity contribution is 5.95. The Kier molecular flexibility index (Phi) is 6.05. The summed E-state index contributed by atoms with van der Waals surface area (Å²) >= 11 is 0. The van der Waals surface area contributed by atoms with Crippen molar-refractivity contribution in [3.05, 3.63) is 29.8 Å². The summed E-state index contributed by atoms with van der Waals surface area (Å²) in [7, 11) is 0. The van der Waals surface area contributed by atoms with Gasteiger partial charge in [-0.25, -0.2) is 0 Å². The smallest absolute Gasteiger partial charge is 0.251 e. The van der Waals surface area contributed by atoms with E-state index in [-0.39, 0.29) is 19.1 Å². The van der Waals surface area contributed by atoms with Gasteiger partial charge in [0, 0.05) is 23.8 Å². The standard InChI is InChI=1S/C17H26N2O2/c1-2-13-6-8-15(9-7-13)19-16-5-3-4-14(12-16)17(21)18-10-11-20/h3-5,12-13,15,19-20H,2,6-11H2,1H3,(H,18,21). The highest BCUT2D eigenvalue weighted by Gasteiger charge is 2.19. The number of carbonyl (C=O) groups excluding carboxylic acids is 1. The molecule has 0 radical (unpaired) electrons. The number of amides is 1. The maximum atomic E-state index is 11.9. The van der Waals surface area contributed by atoms with Crippen molar-refractivity contribution in [2.24, 2.45) is 5.92 Å². The monoisotopic (exact) mass is 290 g/mol. The van der Waals surface area contributed by atoms with Gasteiger partial charge in [0.1, 0.15) is 0 Å². The van der Waals surface area contributed by atoms with Gasteiger partial charge in [-0.1, -0.05) is 19.4 Å². The average Bonchev–Trinajstić information content (AvgIpc) is 2.53. The summed E-state index contributed by atoms with van der Waals surface area (Å²) in [6.45, 7) is 2.52. The van der Waals surface area contributed by atoms with Gasteiger partial charge in [0.25, 0.3) is 5.91 Å². The van der Waals surface area contributed by atoms with E-state index >= 15 is 0 Å². The summed E-state index contributed by atoms with van der Waals surface area (Å²) < 4.78 is 0. The minimum absolute atomic E-state index is 0.0374. The molecule has 4 heteroatoms. The molecule has 21 heavy (non-hydrogen) atoms. The normalized spacial score (nSPS) is 21.8. The molecule has 1 aromatic carbocycles. The summed E-state index contributed by atoms with van der Waals surface area (Å²) in [4.78, 5) is 11.9. The molecule has 0 aliphatic heterocycles. The molecule has 0 unspecified atom stereocenters. The summed E-state index contributed by atoms with van der Waals surface area (Å²) in [5.41, 5.74) is 1.64. The second kappa shape index (κ2) is 8.03. The van der Waals surface area contributed by atoms with Crippen molar-refractivity contribution in [1.29, 1.82) is 0 Å². The molecule has 1 saturated carbocycles. The van der Waals surface area contributed by atoms with Gasteiger partial charge in [-0.15, -0.1) is 0 Å². The van der Waals surface area contributed by atoms with E-state index in [1.165, 1.54) is 32.1 Å². The van der Waals surface area contributed by atoms with Crippen molar-refractivity contribution < 1.29 is 9.90 Å². The van der Waals surface area contributed by atoms with Crippen LogP contribution in [0.1, 0.15) is 49.4 Å². The van der Waals surface area contributed by atoms with Crippen LogP contribution in [-0.4, -0.2) is 30.2 Å². The molecule has 2 rings (SSSR count). The van der Waals surface area contributed by atoms with Crippen LogP contribution in [-0.2, 0) is 0 Å². The summed E-state index contributed by atoms with van der Waals surface area (Å²) in [5, 5.41) is 15.0. The van der Waals surface area contributed by atoms with Gasteiger partial charge in [0.2, 0.25) is 0 Å². The number of hydrogen-bond donors (Lipinski definition) is 3. The molecule has 1 fully saturated rings. The molecule has 0 saturated heterocycles. The SMILES string of the molecule is CCC1CCC(Nc2cccc(C(=O)NCCO)c2)CC1. The highest BCUT2D eigenvalue weighted by atomic mass is 16.3. The van der Waals surface area contributed by atoms with Gasteiger partial charge in [0.05, 0.1) is 6.61 Å². The maximum absolute atomic E-state index is 11.9. The maximum Gasteiger partial charge on any atom is 0.251 e. The summed E-state index contributed by atoms with van der Waals surface area (Å²) in [6.07, 6.45) is 6.29. The Morgan fingerprint density at radius 1 is 1.29 bits per heavy atom. The molecule has 3 N–H and O–H groups in total. The van der Waals surface area contributed by atoms with Crippen molar-refractivity contribution in [1.82, 2.24) is 5.32 Å². The molecule has 0 heterocycles. The van der Waals surface area contributed by atoms with Crippen LogP contribution >= 0.6 is 0 Å². The Bertz CT molecular complexity index is 454. The predicted molar refractivity (Wildman–Crippen MR) is 85.5 cm³/mol. The third-order valence-electron chi connectivity index (χ3n) is 4.32. The Balaban J connectivity index is 1.90. The fourth-order valence-electron chi connectivity index (χ4n) is 2.97. The molecule has 116 valence electrons. The van der Waals surface area contributed by atoms with Crippen LogP contribution in [0.15, 0.2) is 24.3 Å². The lowest BCUT2D eigenvalue weighted by atomic mass is 9.84. The lowest BCUT2D eigenvalue weighted by molar-refractivity contribution is 0.0945. The quantitative estimate of drug-likeness (QED) is 0.755. The van der Waals surface area contributed by atoms with E-state index in [1.54, 1.807) is 6.07 Å². The number of rotatable bonds is 6. The molecule has 1 aromatic rings. The Morgan fingerprint density at radius 3 is 2.71 bits per heavy atom. The van der Waals surface area contributed by atoms with E-state index in [0.717, 1.165) is 11.6 Å². The number of hydrogen-bond acceptors (Lipinski definition) is 3. The Labute approximate surface area is 126 Å². The van der Waals surface area contributed by atoms with Crippen LogP contribution in [0, 0.1) is 5.92 Å². The number of carbonyl (C=O) groups is 1. The first-order valence-electron chi connectivity index (χ1n) is 7.98. The Morgan fingerprint density at radius 2 is 2.05 bits per heavy atom. The first-order chi connectivity index (χ1) is 10.2. The van der Waals surface area contributed by atoms with Crippen LogP contribution < -0.4 is 10.6 Å². The number of aliphatic hydroxyl groups is 1. The van der Waals surface area contributed by atoms with E-state index in [1.807, 2.05) is 18.2 Å². The second-order valence-electron chi connectivity index (χ2n) is 5.83. The van der Waals surface area contributed by atoms with Gasteiger partial charge in [-0.2, -0.15) is 0 Å². The molecule has 0 atom stereocenters. The number of nitrogens with one attached hydrogen (secondary N) is 2. The molecule has 1 aliphatic rings. The van der Waals surface area contributed by atoms with Gasteiger partial charge in [0.15, 0.2) is 0 Å². The van der Waals surface area contributed by atoms with Crippen LogP contribution in [0.4, 0.5) is 5.69 Å². The molecule has 0 spiro atoms. The lowest BCUT2D eigenvalue weighted by Crippen LogP contribution is -2.27. The number of aliphatic hydroxyl groups excluding tert-OH is 1. The van der Waals surface area contributed by atoms with Gasteiger partial charge in [-0.3, -0.25) is 4.79 Å². The third-order valence-corrected chi connectivity index (χ3v) is 4.32. The Hall–Kier alpha value is -1.55. The lowest BCUT2D eigenvalue weighted by Gasteiger charge is -2.29. The fourth-order valence-corrected chi connectivity index (χ4v) is 2.97. The largest absolute Gasteiger partial charge is 0.395 e. The topological polar surface area (TPSA) is 61.4 Å². The zero-order valence-corrected chi connectivity index (χ0v) is 12.8. The molecule has 0 bridgehead atoms. The molecule has 1 amide bonds. The summed E-state index contributed by atoms with van der Waals surface area (Å²) in [6, 6.07) is 8.11. The first kappa shape index (κ1) is 15.8. The molecule has 0 aromatic heterocycles. The van der Waals surface area contributed by atoms with Crippen molar-refractivity contribution >= 4 is 11.6 Å². The van der Waals surface area contributed by atoms with Crippen LogP contribution in [0.3, 0.4) is 0 Å². The van der Waals surface area contributed by atoms with Gasteiger partial charge < -0.3 is 15.7 Å². The highest BCUT2D eigenvalue weighted by Crippen LogP contribution is 2.28. The van der Waals surface area contributed by atoms with E-state index in [4.69, 9.17) is 5.11 Å². The van der Waals surface area contributed by atoms with Crippen molar-refractivity contribution in [2.75, 3.05) is 18.5 Å². The predicted octanol–water partition coefficient (Wildman–Crippen LogP) is 2.79. The minimum Gasteiger partial charge on any atom is -0.395 e. The van der Waals surface area contributed by atoms with Crippen LogP contribution in [0.2, 0.25) is 0 Å². The number of anilines is 1. The first-order valence-corrected chi connectivity index (χ1v) is 7.98. The van der Waals surface area contributed by atoms with Crippen LogP contribution in [0.25, 0.3) is 0 Å². The third kappa shape index (κ3) is 4.74. The average molecular weight is 290 g/mol. The van der Waals surface area contributed by atoms with E-state index in [2.05, 4.69) is 17.6 Å². The van der Waals surface area contributed by atoms with E-state index in [0.29, 0.717) is 11.6 Å². The molecular weight excluding hydrogens is 264 g/mol. The zero-order valence-electron chi connectivity index (χ0n) is 12.8. The van der Waals surface area contributed by atoms with E-state index in [9.17, 15) is 4.79 Å². The summed E-state index contributed by atoms with van der Waals surface area (Å²) in [5.74, 6) is 0.751. The van der Waals surface area contributed by atoms with Crippen molar-refractivity contribution in [3.63, 3.8) is 0 Å². The van der Waals surface area contributed by atoms with Crippen LogP contribution in [0.5, 0.6) is 0 Å². The molecular formula is C17H26N2O2. The van der Waals surface area contributed by atoms with Crippen molar-refractivity contribution in [3.8, 4) is 0 Å². The van der Waals surface area contributed by atoms with E-state index < -0.39 is 0 Å². The molecule has 4 nitrogen and oxygen atoms in total. The number of benzene rings is 1. The molecule has 1 aliphatic carbocycles. The van der Waals surface area contributed by atoms with Crippen molar-refractivity contribution in [2.45, 2.75) is 45.1 Å².